The molecule has 1 aromatic carbocycles. The maximum atomic E-state index is 5.28. The van der Waals surface area contributed by atoms with Gasteiger partial charge in [-0.2, -0.15) is 5.10 Å². The van der Waals surface area contributed by atoms with Gasteiger partial charge in [-0.1, -0.05) is 0 Å². The molecule has 0 radical (unpaired) electrons. The van der Waals surface area contributed by atoms with Gasteiger partial charge in [-0.25, -0.2) is 14.5 Å². The average molecular weight is 375 g/mol. The fourth-order valence-electron chi connectivity index (χ4n) is 2.28. The number of nitrogens with zero attached hydrogens (tertiary/aromatic N) is 4. The largest absolute Gasteiger partial charge is 0.497 e. The molecule has 0 fully saturated rings. The SMILES string of the molecule is COc1cc(Br)c2sc(-c3cn4nc(C)ccc4n3)nc2c1. The standard InChI is InChI=1S/C15H11BrN4OS/c1-8-3-4-13-17-12(7-20(13)19-8)15-18-11-6-9(21-2)5-10(16)14(11)22-15/h3-7H,1-2H3. The Morgan fingerprint density at radius 3 is 2.91 bits per heavy atom. The van der Waals surface area contributed by atoms with Crippen molar-refractivity contribution in [3.8, 4) is 16.5 Å². The Hall–Kier alpha value is -1.99. The Labute approximate surface area is 138 Å². The number of hydrogen-bond donors (Lipinski definition) is 0. The fraction of sp³-hybridized carbons (Fsp3) is 0.133. The van der Waals surface area contributed by atoms with E-state index in [0.29, 0.717) is 0 Å². The van der Waals surface area contributed by atoms with E-state index < -0.39 is 0 Å². The summed E-state index contributed by atoms with van der Waals surface area (Å²) < 4.78 is 9.12. The normalized spacial score (nSPS) is 11.4. The van der Waals surface area contributed by atoms with E-state index in [0.717, 1.165) is 42.5 Å². The van der Waals surface area contributed by atoms with E-state index in [1.807, 2.05) is 37.4 Å². The molecule has 3 heterocycles. The molecule has 5 nitrogen and oxygen atoms in total. The molecule has 0 saturated carbocycles. The third-order valence-corrected chi connectivity index (χ3v) is 5.34. The van der Waals surface area contributed by atoms with Gasteiger partial charge in [-0.15, -0.1) is 11.3 Å². The molecule has 0 aliphatic carbocycles. The van der Waals surface area contributed by atoms with Gasteiger partial charge in [0.25, 0.3) is 0 Å². The van der Waals surface area contributed by atoms with Crippen molar-refractivity contribution in [1.82, 2.24) is 19.6 Å². The predicted octanol–water partition coefficient (Wildman–Crippen LogP) is 4.09. The molecule has 7 heteroatoms. The van der Waals surface area contributed by atoms with Gasteiger partial charge in [0.2, 0.25) is 0 Å². The first-order valence-electron chi connectivity index (χ1n) is 6.61. The number of fused-ring (bicyclic) bond motifs is 2. The predicted molar refractivity (Wildman–Crippen MR) is 90.6 cm³/mol. The Kier molecular flexibility index (Phi) is 3.12. The molecule has 0 unspecified atom stereocenters. The van der Waals surface area contributed by atoms with Gasteiger partial charge in [0, 0.05) is 10.5 Å². The highest BCUT2D eigenvalue weighted by Crippen LogP contribution is 2.36. The molecule has 3 aromatic heterocycles. The minimum atomic E-state index is 0.781. The lowest BCUT2D eigenvalue weighted by Gasteiger charge is -1.99. The minimum Gasteiger partial charge on any atom is -0.497 e. The quantitative estimate of drug-likeness (QED) is 0.530. The fourth-order valence-corrected chi connectivity index (χ4v) is 3.85. The highest BCUT2D eigenvalue weighted by molar-refractivity contribution is 9.10. The first kappa shape index (κ1) is 13.7. The number of thiazole rings is 1. The summed E-state index contributed by atoms with van der Waals surface area (Å²) in [6.07, 6.45) is 1.91. The van der Waals surface area contributed by atoms with Crippen LogP contribution in [-0.4, -0.2) is 26.7 Å². The van der Waals surface area contributed by atoms with Gasteiger partial charge >= 0.3 is 0 Å². The summed E-state index contributed by atoms with van der Waals surface area (Å²) >= 11 is 5.17. The molecule has 110 valence electrons. The highest BCUT2D eigenvalue weighted by Gasteiger charge is 2.13. The van der Waals surface area contributed by atoms with Crippen molar-refractivity contribution >= 4 is 43.1 Å². The molecular formula is C15H11BrN4OS. The first-order valence-corrected chi connectivity index (χ1v) is 8.22. The summed E-state index contributed by atoms with van der Waals surface area (Å²) in [6.45, 7) is 1.96. The van der Waals surface area contributed by atoms with Crippen molar-refractivity contribution in [2.45, 2.75) is 6.92 Å². The van der Waals surface area contributed by atoms with E-state index in [-0.39, 0.29) is 0 Å². The van der Waals surface area contributed by atoms with Crippen molar-refractivity contribution in [3.05, 3.63) is 40.6 Å². The summed E-state index contributed by atoms with van der Waals surface area (Å²) in [5.41, 5.74) is 3.49. The summed E-state index contributed by atoms with van der Waals surface area (Å²) in [7, 11) is 1.65. The summed E-state index contributed by atoms with van der Waals surface area (Å²) in [6, 6.07) is 7.78. The van der Waals surface area contributed by atoms with Gasteiger partial charge in [0.05, 0.1) is 29.2 Å². The highest BCUT2D eigenvalue weighted by atomic mass is 79.9. The lowest BCUT2D eigenvalue weighted by atomic mass is 10.3. The number of ether oxygens (including phenoxy) is 1. The van der Waals surface area contributed by atoms with Crippen LogP contribution in [0.3, 0.4) is 0 Å². The molecule has 0 aliphatic rings. The van der Waals surface area contributed by atoms with Crippen molar-refractivity contribution in [2.75, 3.05) is 7.11 Å². The number of imidazole rings is 1. The van der Waals surface area contributed by atoms with Crippen LogP contribution in [0.5, 0.6) is 5.75 Å². The van der Waals surface area contributed by atoms with Gasteiger partial charge < -0.3 is 4.74 Å². The zero-order valence-corrected chi connectivity index (χ0v) is 14.3. The van der Waals surface area contributed by atoms with Gasteiger partial charge in [-0.05, 0) is 41.1 Å². The Morgan fingerprint density at radius 2 is 2.09 bits per heavy atom. The average Bonchev–Trinajstić information content (AvgIpc) is 3.10. The second kappa shape index (κ2) is 5.03. The van der Waals surface area contributed by atoms with Crippen molar-refractivity contribution in [1.29, 1.82) is 0 Å². The van der Waals surface area contributed by atoms with Crippen molar-refractivity contribution in [3.63, 3.8) is 0 Å². The van der Waals surface area contributed by atoms with Crippen LogP contribution in [0.4, 0.5) is 0 Å². The summed E-state index contributed by atoms with van der Waals surface area (Å²) in [5.74, 6) is 0.781. The van der Waals surface area contributed by atoms with Crippen molar-refractivity contribution in [2.24, 2.45) is 0 Å². The zero-order valence-electron chi connectivity index (χ0n) is 11.9. The zero-order chi connectivity index (χ0) is 15.3. The lowest BCUT2D eigenvalue weighted by Crippen LogP contribution is -1.91. The molecular weight excluding hydrogens is 364 g/mol. The molecule has 22 heavy (non-hydrogen) atoms. The van der Waals surface area contributed by atoms with Crippen LogP contribution >= 0.6 is 27.3 Å². The van der Waals surface area contributed by atoms with Crippen LogP contribution in [-0.2, 0) is 0 Å². The van der Waals surface area contributed by atoms with E-state index in [4.69, 9.17) is 4.74 Å². The smallest absolute Gasteiger partial charge is 0.154 e. The molecule has 4 aromatic rings. The van der Waals surface area contributed by atoms with Crippen LogP contribution in [0.25, 0.3) is 26.6 Å². The first-order chi connectivity index (χ1) is 10.6. The number of aryl methyl sites for hydroxylation is 1. The molecule has 4 rings (SSSR count). The van der Waals surface area contributed by atoms with Crippen LogP contribution in [0.15, 0.2) is 34.9 Å². The summed E-state index contributed by atoms with van der Waals surface area (Å²) in [4.78, 5) is 9.27. The van der Waals surface area contributed by atoms with Crippen LogP contribution in [0, 0.1) is 6.92 Å². The topological polar surface area (TPSA) is 52.3 Å². The van der Waals surface area contributed by atoms with E-state index in [1.54, 1.807) is 23.0 Å². The second-order valence-corrected chi connectivity index (χ2v) is 6.73. The van der Waals surface area contributed by atoms with Crippen molar-refractivity contribution < 1.29 is 4.74 Å². The lowest BCUT2D eigenvalue weighted by molar-refractivity contribution is 0.415. The number of benzene rings is 1. The molecule has 0 amide bonds. The van der Waals surface area contributed by atoms with Crippen LogP contribution < -0.4 is 4.74 Å². The molecule has 0 spiro atoms. The second-order valence-electron chi connectivity index (χ2n) is 4.88. The molecule has 0 aliphatic heterocycles. The molecule has 0 N–H and O–H groups in total. The maximum absolute atomic E-state index is 5.28. The minimum absolute atomic E-state index is 0.781. The van der Waals surface area contributed by atoms with Gasteiger partial charge in [-0.3, -0.25) is 0 Å². The summed E-state index contributed by atoms with van der Waals surface area (Å²) in [5, 5.41) is 5.29. The number of halogens is 1. The van der Waals surface area contributed by atoms with E-state index in [9.17, 15) is 0 Å². The molecule has 0 bridgehead atoms. The van der Waals surface area contributed by atoms with E-state index in [1.165, 1.54) is 0 Å². The Balaban J connectivity index is 1.90. The Morgan fingerprint density at radius 1 is 1.23 bits per heavy atom. The number of hydrogen-bond acceptors (Lipinski definition) is 5. The number of methoxy groups -OCH3 is 1. The van der Waals surface area contributed by atoms with Crippen LogP contribution in [0.1, 0.15) is 5.69 Å². The van der Waals surface area contributed by atoms with E-state index >= 15 is 0 Å². The third-order valence-electron chi connectivity index (χ3n) is 3.33. The Bertz CT molecular complexity index is 1010. The van der Waals surface area contributed by atoms with Gasteiger partial charge in [0.15, 0.2) is 5.65 Å². The molecule has 0 atom stereocenters. The maximum Gasteiger partial charge on any atom is 0.154 e. The van der Waals surface area contributed by atoms with Gasteiger partial charge in [0.1, 0.15) is 16.5 Å². The number of rotatable bonds is 2. The monoisotopic (exact) mass is 374 g/mol. The number of aromatic nitrogens is 4. The van der Waals surface area contributed by atoms with Crippen LogP contribution in [0.2, 0.25) is 0 Å². The molecule has 0 saturated heterocycles. The third kappa shape index (κ3) is 2.17. The van der Waals surface area contributed by atoms with E-state index in [2.05, 4.69) is 31.0 Å².